The third-order valence-corrected chi connectivity index (χ3v) is 11.5. The number of ether oxygens (including phenoxy) is 4. The number of rotatable bonds is 41. The van der Waals surface area contributed by atoms with Gasteiger partial charge in [0.2, 0.25) is 0 Å². The van der Waals surface area contributed by atoms with Crippen LogP contribution in [0.25, 0.3) is 0 Å². The van der Waals surface area contributed by atoms with E-state index in [0.29, 0.717) is 6.42 Å². The fourth-order valence-corrected chi connectivity index (χ4v) is 7.66. The number of hydrogen-bond donors (Lipinski definition) is 4. The summed E-state index contributed by atoms with van der Waals surface area (Å²) >= 11 is 0. The molecular weight excluding hydrogens is 725 g/mol. The summed E-state index contributed by atoms with van der Waals surface area (Å²) in [5.41, 5.74) is 0. The van der Waals surface area contributed by atoms with Crippen LogP contribution in [0.4, 0.5) is 0 Å². The van der Waals surface area contributed by atoms with Crippen molar-refractivity contribution in [2.45, 2.75) is 269 Å². The highest BCUT2D eigenvalue weighted by atomic mass is 16.7. The second-order valence-corrected chi connectivity index (χ2v) is 16.9. The molecule has 0 aromatic heterocycles. The first kappa shape index (κ1) is 53.7. The second-order valence-electron chi connectivity index (χ2n) is 16.9. The number of aliphatic hydroxyl groups is 4. The Morgan fingerprint density at radius 2 is 0.825 bits per heavy atom. The van der Waals surface area contributed by atoms with Gasteiger partial charge in [0.05, 0.1) is 13.2 Å². The van der Waals surface area contributed by atoms with Crippen molar-refractivity contribution >= 4 is 11.9 Å². The molecular formula is C47H90O10. The Kier molecular flexibility index (Phi) is 36.6. The molecule has 1 aliphatic rings. The third kappa shape index (κ3) is 30.4. The maximum Gasteiger partial charge on any atom is 0.306 e. The zero-order valence-corrected chi connectivity index (χ0v) is 36.9. The molecule has 57 heavy (non-hydrogen) atoms. The summed E-state index contributed by atoms with van der Waals surface area (Å²) in [5.74, 6) is -0.794. The van der Waals surface area contributed by atoms with Gasteiger partial charge in [-0.3, -0.25) is 9.59 Å². The van der Waals surface area contributed by atoms with Gasteiger partial charge in [-0.1, -0.05) is 206 Å². The monoisotopic (exact) mass is 815 g/mol. The fraction of sp³-hybridized carbons (Fsp3) is 0.957. The van der Waals surface area contributed by atoms with Crippen LogP contribution in [0.2, 0.25) is 0 Å². The van der Waals surface area contributed by atoms with Crippen LogP contribution in [0.3, 0.4) is 0 Å². The first-order valence-electron chi connectivity index (χ1n) is 24.1. The first-order chi connectivity index (χ1) is 27.8. The summed E-state index contributed by atoms with van der Waals surface area (Å²) < 4.78 is 22.1. The smallest absolute Gasteiger partial charge is 0.306 e. The van der Waals surface area contributed by atoms with Crippen LogP contribution >= 0.6 is 0 Å². The van der Waals surface area contributed by atoms with Crippen molar-refractivity contribution in [2.75, 3.05) is 19.8 Å². The molecule has 0 spiro atoms. The van der Waals surface area contributed by atoms with E-state index in [-0.39, 0.29) is 32.0 Å². The SMILES string of the molecule is CCCCCCCCCCCCCCCCCCCCCCCCCC(=O)OC[C@@H](CO[C@H]1O[C@@H](CO)[C@@H](O)C(O)C1O)OC(=O)CCCCCCCCCCC. The largest absolute Gasteiger partial charge is 0.462 e. The molecule has 1 aliphatic heterocycles. The minimum absolute atomic E-state index is 0.209. The van der Waals surface area contributed by atoms with Gasteiger partial charge in [0.25, 0.3) is 0 Å². The number of carbonyl (C=O) groups is 2. The molecule has 1 heterocycles. The standard InChI is InChI=1S/C47H90O10/c1-3-5-7-9-11-13-14-15-16-17-18-19-20-21-22-23-24-25-26-28-29-31-33-35-42(49)54-38-40(39-55-47-46(53)45(52)44(51)41(37-48)57-47)56-43(50)36-34-32-30-27-12-10-8-6-4-2/h40-41,44-48,51-53H,3-39H2,1-2H3/t40-,41-,44+,45?,46?,47-/m0/s1. The molecule has 10 nitrogen and oxygen atoms in total. The summed E-state index contributed by atoms with van der Waals surface area (Å²) in [4.78, 5) is 25.3. The number of carbonyl (C=O) groups excluding carboxylic acids is 2. The maximum absolute atomic E-state index is 12.7. The van der Waals surface area contributed by atoms with E-state index in [4.69, 9.17) is 18.9 Å². The summed E-state index contributed by atoms with van der Waals surface area (Å²) in [6, 6.07) is 0. The van der Waals surface area contributed by atoms with Gasteiger partial charge in [0.15, 0.2) is 12.4 Å². The van der Waals surface area contributed by atoms with E-state index >= 15 is 0 Å². The van der Waals surface area contributed by atoms with Crippen LogP contribution in [0, 0.1) is 0 Å². The molecule has 0 amide bonds. The van der Waals surface area contributed by atoms with Crippen molar-refractivity contribution < 1.29 is 49.0 Å². The van der Waals surface area contributed by atoms with Gasteiger partial charge in [-0.2, -0.15) is 0 Å². The zero-order chi connectivity index (χ0) is 41.6. The lowest BCUT2D eigenvalue weighted by Crippen LogP contribution is -2.59. The van der Waals surface area contributed by atoms with Crippen LogP contribution in [0.1, 0.15) is 232 Å². The van der Waals surface area contributed by atoms with Crippen LogP contribution in [-0.4, -0.2) is 89.0 Å². The van der Waals surface area contributed by atoms with Crippen LogP contribution in [0.15, 0.2) is 0 Å². The second kappa shape index (κ2) is 38.9. The number of esters is 2. The Morgan fingerprint density at radius 3 is 1.19 bits per heavy atom. The predicted molar refractivity (Wildman–Crippen MR) is 229 cm³/mol. The minimum atomic E-state index is -1.59. The average Bonchev–Trinajstić information content (AvgIpc) is 3.21. The minimum Gasteiger partial charge on any atom is -0.462 e. The predicted octanol–water partition coefficient (Wildman–Crippen LogP) is 10.6. The van der Waals surface area contributed by atoms with Crippen molar-refractivity contribution in [3.8, 4) is 0 Å². The Labute approximate surface area is 348 Å². The van der Waals surface area contributed by atoms with Gasteiger partial charge < -0.3 is 39.4 Å². The highest BCUT2D eigenvalue weighted by Gasteiger charge is 2.44. The molecule has 0 aromatic carbocycles. The van der Waals surface area contributed by atoms with E-state index in [0.717, 1.165) is 38.5 Å². The van der Waals surface area contributed by atoms with Crippen molar-refractivity contribution in [1.29, 1.82) is 0 Å². The highest BCUT2D eigenvalue weighted by molar-refractivity contribution is 5.70. The highest BCUT2D eigenvalue weighted by Crippen LogP contribution is 2.23. The third-order valence-electron chi connectivity index (χ3n) is 11.5. The molecule has 0 saturated carbocycles. The lowest BCUT2D eigenvalue weighted by atomic mass is 9.99. The Bertz CT molecular complexity index is 901. The van der Waals surface area contributed by atoms with Crippen molar-refractivity contribution in [3.05, 3.63) is 0 Å². The molecule has 1 fully saturated rings. The van der Waals surface area contributed by atoms with Gasteiger partial charge in [-0.15, -0.1) is 0 Å². The van der Waals surface area contributed by atoms with Crippen LogP contribution < -0.4 is 0 Å². The molecule has 0 aliphatic carbocycles. The van der Waals surface area contributed by atoms with E-state index in [2.05, 4.69) is 13.8 Å². The van der Waals surface area contributed by atoms with Gasteiger partial charge >= 0.3 is 11.9 Å². The van der Waals surface area contributed by atoms with Crippen LogP contribution in [0.5, 0.6) is 0 Å². The Balaban J connectivity index is 2.17. The molecule has 10 heteroatoms. The Morgan fingerprint density at radius 1 is 0.474 bits per heavy atom. The van der Waals surface area contributed by atoms with E-state index in [1.54, 1.807) is 0 Å². The Hall–Kier alpha value is -1.30. The molecule has 2 unspecified atom stereocenters. The molecule has 338 valence electrons. The number of hydrogen-bond acceptors (Lipinski definition) is 10. The van der Waals surface area contributed by atoms with E-state index in [1.165, 1.54) is 161 Å². The van der Waals surface area contributed by atoms with Crippen molar-refractivity contribution in [1.82, 2.24) is 0 Å². The molecule has 1 saturated heterocycles. The summed E-state index contributed by atoms with van der Waals surface area (Å²) in [5, 5.41) is 40.0. The van der Waals surface area contributed by atoms with Gasteiger partial charge in [-0.25, -0.2) is 0 Å². The lowest BCUT2D eigenvalue weighted by Gasteiger charge is -2.39. The maximum atomic E-state index is 12.7. The molecule has 0 aromatic rings. The molecule has 1 rings (SSSR count). The van der Waals surface area contributed by atoms with Crippen molar-refractivity contribution in [3.63, 3.8) is 0 Å². The van der Waals surface area contributed by atoms with Gasteiger partial charge in [0, 0.05) is 12.8 Å². The normalized spacial score (nSPS) is 20.1. The number of unbranched alkanes of at least 4 members (excludes halogenated alkanes) is 30. The zero-order valence-electron chi connectivity index (χ0n) is 36.9. The molecule has 4 N–H and O–H groups in total. The molecule has 0 radical (unpaired) electrons. The molecule has 6 atom stereocenters. The van der Waals surface area contributed by atoms with Crippen LogP contribution in [-0.2, 0) is 28.5 Å². The summed E-state index contributed by atoms with van der Waals surface area (Å²) in [6.45, 7) is 3.43. The topological polar surface area (TPSA) is 152 Å². The van der Waals surface area contributed by atoms with Gasteiger partial charge in [0.1, 0.15) is 31.0 Å². The average molecular weight is 815 g/mol. The first-order valence-corrected chi connectivity index (χ1v) is 24.1. The van der Waals surface area contributed by atoms with Gasteiger partial charge in [-0.05, 0) is 12.8 Å². The fourth-order valence-electron chi connectivity index (χ4n) is 7.66. The quantitative estimate of drug-likeness (QED) is 0.0347. The summed E-state index contributed by atoms with van der Waals surface area (Å²) in [7, 11) is 0. The van der Waals surface area contributed by atoms with E-state index in [1.807, 2.05) is 0 Å². The lowest BCUT2D eigenvalue weighted by molar-refractivity contribution is -0.305. The number of aliphatic hydroxyl groups excluding tert-OH is 4. The summed E-state index contributed by atoms with van der Waals surface area (Å²) in [6.07, 6.45) is 32.8. The van der Waals surface area contributed by atoms with E-state index < -0.39 is 49.4 Å². The van der Waals surface area contributed by atoms with Crippen molar-refractivity contribution in [2.24, 2.45) is 0 Å². The molecule has 0 bridgehead atoms. The van der Waals surface area contributed by atoms with E-state index in [9.17, 15) is 30.0 Å².